The highest BCUT2D eigenvalue weighted by Crippen LogP contribution is 2.18. The third-order valence-electron chi connectivity index (χ3n) is 3.25. The lowest BCUT2D eigenvalue weighted by Crippen LogP contribution is -2.34. The van der Waals surface area contributed by atoms with E-state index in [2.05, 4.69) is 4.72 Å². The highest BCUT2D eigenvalue weighted by molar-refractivity contribution is 7.88. The normalized spacial score (nSPS) is 18.7. The number of para-hydroxylation sites is 1. The van der Waals surface area contributed by atoms with Crippen molar-refractivity contribution in [3.05, 3.63) is 30.3 Å². The molecule has 1 aromatic rings. The number of amides is 1. The summed E-state index contributed by atoms with van der Waals surface area (Å²) in [5.74, 6) is 0.751. The number of carbonyl (C=O) groups excluding carboxylic acids is 1. The minimum absolute atomic E-state index is 0.000725. The summed E-state index contributed by atoms with van der Waals surface area (Å²) < 4.78 is 30.0. The van der Waals surface area contributed by atoms with E-state index in [0.29, 0.717) is 13.1 Å². The topological polar surface area (TPSA) is 75.7 Å². The van der Waals surface area contributed by atoms with Gasteiger partial charge in [-0.1, -0.05) is 18.2 Å². The van der Waals surface area contributed by atoms with E-state index in [1.54, 1.807) is 4.90 Å². The number of rotatable bonds is 6. The summed E-state index contributed by atoms with van der Waals surface area (Å²) >= 11 is 0. The van der Waals surface area contributed by atoms with Gasteiger partial charge in [0.15, 0.2) is 0 Å². The second-order valence-corrected chi connectivity index (χ2v) is 6.93. The van der Waals surface area contributed by atoms with E-state index in [9.17, 15) is 13.2 Å². The van der Waals surface area contributed by atoms with Crippen LogP contribution in [0.25, 0.3) is 0 Å². The van der Waals surface area contributed by atoms with Crippen LogP contribution in [0.2, 0.25) is 0 Å². The number of nitrogens with one attached hydrogen (secondary N) is 1. The molecular formula is C14H20N2O4S. The van der Waals surface area contributed by atoms with Crippen molar-refractivity contribution in [2.75, 3.05) is 25.9 Å². The molecule has 116 valence electrons. The maximum atomic E-state index is 12.0. The van der Waals surface area contributed by atoms with Gasteiger partial charge in [0.2, 0.25) is 15.9 Å². The zero-order valence-corrected chi connectivity index (χ0v) is 12.8. The van der Waals surface area contributed by atoms with Crippen LogP contribution in [0.4, 0.5) is 0 Å². The van der Waals surface area contributed by atoms with Crippen molar-refractivity contribution in [1.29, 1.82) is 0 Å². The molecule has 0 aliphatic carbocycles. The molecule has 0 aromatic heterocycles. The second-order valence-electron chi connectivity index (χ2n) is 5.10. The Bertz CT molecular complexity index is 574. The fraction of sp³-hybridized carbons (Fsp3) is 0.500. The first-order valence-corrected chi connectivity index (χ1v) is 8.77. The number of hydrogen-bond acceptors (Lipinski definition) is 4. The maximum absolute atomic E-state index is 12.0. The van der Waals surface area contributed by atoms with Crippen molar-refractivity contribution >= 4 is 15.9 Å². The van der Waals surface area contributed by atoms with Crippen LogP contribution in [0, 0.1) is 0 Å². The van der Waals surface area contributed by atoms with E-state index < -0.39 is 10.0 Å². The predicted octanol–water partition coefficient (Wildman–Crippen LogP) is 0.606. The Morgan fingerprint density at radius 3 is 2.76 bits per heavy atom. The van der Waals surface area contributed by atoms with E-state index in [0.717, 1.165) is 18.4 Å². The maximum Gasteiger partial charge on any atom is 0.224 e. The lowest BCUT2D eigenvalue weighted by molar-refractivity contribution is -0.130. The molecule has 1 heterocycles. The van der Waals surface area contributed by atoms with Crippen LogP contribution >= 0.6 is 0 Å². The zero-order valence-electron chi connectivity index (χ0n) is 12.0. The predicted molar refractivity (Wildman–Crippen MR) is 79.5 cm³/mol. The Morgan fingerprint density at radius 1 is 1.38 bits per heavy atom. The van der Waals surface area contributed by atoms with Crippen LogP contribution in [0.15, 0.2) is 30.3 Å². The van der Waals surface area contributed by atoms with E-state index >= 15 is 0 Å². The highest BCUT2D eigenvalue weighted by atomic mass is 32.2. The number of sulfonamides is 1. The minimum Gasteiger partial charge on any atom is -0.489 e. The molecule has 6 nitrogen and oxygen atoms in total. The summed E-state index contributed by atoms with van der Waals surface area (Å²) in [5.41, 5.74) is 0. The van der Waals surface area contributed by atoms with Crippen molar-refractivity contribution in [2.45, 2.75) is 18.9 Å². The average Bonchev–Trinajstić information content (AvgIpc) is 2.87. The van der Waals surface area contributed by atoms with Crippen molar-refractivity contribution in [1.82, 2.24) is 9.62 Å². The smallest absolute Gasteiger partial charge is 0.224 e. The van der Waals surface area contributed by atoms with Gasteiger partial charge in [0, 0.05) is 25.9 Å². The molecule has 1 saturated heterocycles. The SMILES string of the molecule is CS(=O)(=O)NCCC(=O)N1CC[C@H](Oc2ccccc2)C1. The number of nitrogens with zero attached hydrogens (tertiary/aromatic N) is 1. The molecule has 7 heteroatoms. The monoisotopic (exact) mass is 312 g/mol. The van der Waals surface area contributed by atoms with Gasteiger partial charge in [-0.25, -0.2) is 13.1 Å². The standard InChI is InChI=1S/C14H20N2O4S/c1-21(18,19)15-9-7-14(17)16-10-8-13(11-16)20-12-5-3-2-4-6-12/h2-6,13,15H,7-11H2,1H3/t13-/m0/s1. The van der Waals surface area contributed by atoms with Crippen LogP contribution in [0.5, 0.6) is 5.75 Å². The molecule has 1 fully saturated rings. The molecule has 0 spiro atoms. The van der Waals surface area contributed by atoms with Gasteiger partial charge in [0.1, 0.15) is 11.9 Å². The van der Waals surface area contributed by atoms with Gasteiger partial charge in [-0.15, -0.1) is 0 Å². The first kappa shape index (κ1) is 15.8. The highest BCUT2D eigenvalue weighted by Gasteiger charge is 2.27. The number of hydrogen-bond donors (Lipinski definition) is 1. The van der Waals surface area contributed by atoms with Crippen molar-refractivity contribution in [2.24, 2.45) is 0 Å². The largest absolute Gasteiger partial charge is 0.489 e. The summed E-state index contributed by atoms with van der Waals surface area (Å²) in [6.45, 7) is 1.33. The van der Waals surface area contributed by atoms with Crippen LogP contribution < -0.4 is 9.46 Å². The molecule has 0 unspecified atom stereocenters. The molecule has 1 aromatic carbocycles. The van der Waals surface area contributed by atoms with Crippen molar-refractivity contribution < 1.29 is 17.9 Å². The molecule has 1 aliphatic rings. The molecular weight excluding hydrogens is 292 g/mol. The molecule has 1 N–H and O–H groups in total. The first-order valence-electron chi connectivity index (χ1n) is 6.88. The summed E-state index contributed by atoms with van der Waals surface area (Å²) in [7, 11) is -3.24. The second kappa shape index (κ2) is 6.91. The van der Waals surface area contributed by atoms with Gasteiger partial charge in [-0.3, -0.25) is 4.79 Å². The van der Waals surface area contributed by atoms with E-state index in [4.69, 9.17) is 4.74 Å². The van der Waals surface area contributed by atoms with E-state index in [1.165, 1.54) is 0 Å². The number of benzene rings is 1. The summed E-state index contributed by atoms with van der Waals surface area (Å²) in [4.78, 5) is 13.7. The quantitative estimate of drug-likeness (QED) is 0.835. The molecule has 1 atom stereocenters. The first-order chi connectivity index (χ1) is 9.94. The Hall–Kier alpha value is -1.60. The number of likely N-dealkylation sites (tertiary alicyclic amines) is 1. The summed E-state index contributed by atoms with van der Waals surface area (Å²) in [6, 6.07) is 9.52. The van der Waals surface area contributed by atoms with Gasteiger partial charge < -0.3 is 9.64 Å². The minimum atomic E-state index is -3.24. The number of ether oxygens (including phenoxy) is 1. The van der Waals surface area contributed by atoms with Gasteiger partial charge in [-0.2, -0.15) is 0 Å². The fourth-order valence-electron chi connectivity index (χ4n) is 2.24. The summed E-state index contributed by atoms with van der Waals surface area (Å²) in [6.07, 6.45) is 2.04. The van der Waals surface area contributed by atoms with Crippen LogP contribution in [-0.4, -0.2) is 51.2 Å². The van der Waals surface area contributed by atoms with Gasteiger partial charge in [0.25, 0.3) is 0 Å². The van der Waals surface area contributed by atoms with Gasteiger partial charge in [-0.05, 0) is 12.1 Å². The van der Waals surface area contributed by atoms with E-state index in [1.807, 2.05) is 30.3 Å². The molecule has 21 heavy (non-hydrogen) atoms. The third kappa shape index (κ3) is 5.35. The lowest BCUT2D eigenvalue weighted by atomic mass is 10.3. The lowest BCUT2D eigenvalue weighted by Gasteiger charge is -2.17. The van der Waals surface area contributed by atoms with Crippen LogP contribution in [0.3, 0.4) is 0 Å². The zero-order chi connectivity index (χ0) is 15.3. The third-order valence-corrected chi connectivity index (χ3v) is 3.98. The molecule has 0 radical (unpaired) electrons. The number of carbonyl (C=O) groups is 1. The average molecular weight is 312 g/mol. The molecule has 0 bridgehead atoms. The Morgan fingerprint density at radius 2 is 2.10 bits per heavy atom. The molecule has 0 saturated carbocycles. The summed E-state index contributed by atoms with van der Waals surface area (Å²) in [5, 5.41) is 0. The molecule has 1 aliphatic heterocycles. The Labute approximate surface area is 125 Å². The Balaban J connectivity index is 1.75. The molecule has 2 rings (SSSR count). The van der Waals surface area contributed by atoms with Crippen molar-refractivity contribution in [3.8, 4) is 5.75 Å². The van der Waals surface area contributed by atoms with Gasteiger partial charge >= 0.3 is 0 Å². The molecule has 1 amide bonds. The van der Waals surface area contributed by atoms with Gasteiger partial charge in [0.05, 0.1) is 12.8 Å². The van der Waals surface area contributed by atoms with Crippen LogP contribution in [-0.2, 0) is 14.8 Å². The van der Waals surface area contributed by atoms with Crippen molar-refractivity contribution in [3.63, 3.8) is 0 Å². The van der Waals surface area contributed by atoms with Crippen LogP contribution in [0.1, 0.15) is 12.8 Å². The Kier molecular flexibility index (Phi) is 5.19. The fourth-order valence-corrected chi connectivity index (χ4v) is 2.72. The van der Waals surface area contributed by atoms with E-state index in [-0.39, 0.29) is 25.0 Å².